The number of rotatable bonds is 7. The van der Waals surface area contributed by atoms with E-state index in [1.54, 1.807) is 24.4 Å². The molecule has 9 nitrogen and oxygen atoms in total. The van der Waals surface area contributed by atoms with Crippen molar-refractivity contribution in [1.29, 1.82) is 0 Å². The van der Waals surface area contributed by atoms with Crippen LogP contribution in [0.3, 0.4) is 0 Å². The van der Waals surface area contributed by atoms with Gasteiger partial charge in [-0.05, 0) is 117 Å². The quantitative estimate of drug-likeness (QED) is 0.291. The summed E-state index contributed by atoms with van der Waals surface area (Å²) in [5.74, 6) is 0.227. The molecule has 3 saturated carbocycles. The van der Waals surface area contributed by atoms with Gasteiger partial charge in [0.2, 0.25) is 0 Å². The van der Waals surface area contributed by atoms with Gasteiger partial charge in [-0.15, -0.1) is 0 Å². The van der Waals surface area contributed by atoms with Gasteiger partial charge in [0, 0.05) is 23.5 Å². The van der Waals surface area contributed by atoms with Gasteiger partial charge in [0.1, 0.15) is 11.8 Å². The van der Waals surface area contributed by atoms with Gasteiger partial charge in [-0.2, -0.15) is 0 Å². The highest BCUT2D eigenvalue weighted by atomic mass is 16.6. The third kappa shape index (κ3) is 4.79. The number of nitrogens with one attached hydrogen (secondary N) is 2. The van der Waals surface area contributed by atoms with E-state index < -0.39 is 23.5 Å². The summed E-state index contributed by atoms with van der Waals surface area (Å²) in [5, 5.41) is 38.2. The molecule has 2 aromatic rings. The SMILES string of the molecule is C[C@]12CCC(=NOCC(=O)N[C@@H](Cc3c[nH]c4ccc(O)cc34)C(=O)O)C=C1CC[C@H]1[C@H]3CC[C@](C)(O)[C@@]3(C)CC[C@@H]12. The number of phenolic OH excluding ortho intramolecular Hbond substituents is 1. The molecule has 1 amide bonds. The molecule has 0 bridgehead atoms. The van der Waals surface area contributed by atoms with Crippen molar-refractivity contribution in [1.82, 2.24) is 10.3 Å². The van der Waals surface area contributed by atoms with Gasteiger partial charge in [0.25, 0.3) is 5.91 Å². The second kappa shape index (κ2) is 10.4. The normalized spacial score (nSPS) is 35.6. The topological polar surface area (TPSA) is 144 Å². The summed E-state index contributed by atoms with van der Waals surface area (Å²) in [5.41, 5.74) is 3.28. The van der Waals surface area contributed by atoms with Crippen molar-refractivity contribution in [2.24, 2.45) is 33.7 Å². The fourth-order valence-corrected chi connectivity index (χ4v) is 9.05. The molecule has 42 heavy (non-hydrogen) atoms. The van der Waals surface area contributed by atoms with Gasteiger partial charge >= 0.3 is 5.97 Å². The number of carboxylic acids is 1. The van der Waals surface area contributed by atoms with E-state index in [1.165, 1.54) is 5.57 Å². The van der Waals surface area contributed by atoms with E-state index in [1.807, 2.05) is 6.92 Å². The second-order valence-electron chi connectivity index (χ2n) is 13.8. The summed E-state index contributed by atoms with van der Waals surface area (Å²) in [6.45, 7) is 6.41. The molecule has 4 aliphatic rings. The molecule has 0 aliphatic heterocycles. The van der Waals surface area contributed by atoms with Gasteiger partial charge < -0.3 is 30.5 Å². The van der Waals surface area contributed by atoms with Crippen molar-refractivity contribution in [3.63, 3.8) is 0 Å². The third-order valence-electron chi connectivity index (χ3n) is 11.7. The van der Waals surface area contributed by atoms with Crippen molar-refractivity contribution in [3.8, 4) is 5.75 Å². The van der Waals surface area contributed by atoms with Crippen LogP contribution in [0.25, 0.3) is 10.9 Å². The maximum atomic E-state index is 12.6. The number of aliphatic carboxylic acids is 1. The fraction of sp³-hybridized carbons (Fsp3) is 0.606. The number of allylic oxidation sites excluding steroid dienone is 2. The standard InChI is InChI=1S/C33H43N3O6/c1-31-11-8-21(15-20(31)4-6-23-25(31)9-12-32(2)26(23)10-13-33(32,3)41)36-42-18-29(38)35-28(30(39)40)14-19-17-34-27-7-5-22(37)16-24(19)27/h5,7,15-17,23,25-26,28,34,37,41H,4,6,8-14,18H2,1-3H3,(H,35,38)(H,39,40)/t23-,25+,26-,28+,31+,32+,33+/m1/s1. The molecule has 3 fully saturated rings. The first kappa shape index (κ1) is 28.8. The number of hydrogen-bond acceptors (Lipinski definition) is 6. The predicted octanol–water partition coefficient (Wildman–Crippen LogP) is 5.07. The lowest BCUT2D eigenvalue weighted by molar-refractivity contribution is -0.142. The highest BCUT2D eigenvalue weighted by Gasteiger charge is 2.62. The molecule has 9 heteroatoms. The number of aromatic nitrogens is 1. The Hall–Kier alpha value is -3.33. The molecule has 4 aliphatic carbocycles. The molecular formula is C33H43N3O6. The van der Waals surface area contributed by atoms with E-state index in [-0.39, 0.29) is 29.6 Å². The Morgan fingerprint density at radius 3 is 2.69 bits per heavy atom. The zero-order valence-electron chi connectivity index (χ0n) is 24.8. The predicted molar refractivity (Wildman–Crippen MR) is 159 cm³/mol. The summed E-state index contributed by atoms with van der Waals surface area (Å²) in [7, 11) is 0. The Bertz CT molecular complexity index is 1460. The van der Waals surface area contributed by atoms with Crippen molar-refractivity contribution in [3.05, 3.63) is 41.6 Å². The summed E-state index contributed by atoms with van der Waals surface area (Å²) in [6, 6.07) is 3.69. The molecule has 226 valence electrons. The molecular weight excluding hydrogens is 534 g/mol. The lowest BCUT2D eigenvalue weighted by atomic mass is 9.46. The van der Waals surface area contributed by atoms with Crippen molar-refractivity contribution in [2.45, 2.75) is 90.2 Å². The van der Waals surface area contributed by atoms with Gasteiger partial charge in [0.05, 0.1) is 11.3 Å². The number of aromatic amines is 1. The molecule has 6 rings (SSSR count). The largest absolute Gasteiger partial charge is 0.508 e. The number of carbonyl (C=O) groups excluding carboxylic acids is 1. The van der Waals surface area contributed by atoms with Gasteiger partial charge in [-0.3, -0.25) is 4.79 Å². The van der Waals surface area contributed by atoms with Crippen molar-refractivity contribution < 1.29 is 29.7 Å². The molecule has 0 unspecified atom stereocenters. The van der Waals surface area contributed by atoms with E-state index in [2.05, 4.69) is 35.4 Å². The molecule has 7 atom stereocenters. The van der Waals surface area contributed by atoms with Crippen molar-refractivity contribution >= 4 is 28.5 Å². The van der Waals surface area contributed by atoms with Crippen LogP contribution in [-0.4, -0.2) is 56.1 Å². The van der Waals surface area contributed by atoms with Crippen LogP contribution < -0.4 is 5.32 Å². The monoisotopic (exact) mass is 577 g/mol. The number of carboxylic acid groups (broad SMARTS) is 1. The van der Waals surface area contributed by atoms with Crippen LogP contribution in [0.4, 0.5) is 0 Å². The first-order chi connectivity index (χ1) is 19.9. The Balaban J connectivity index is 1.07. The number of nitrogens with zero attached hydrogens (tertiary/aromatic N) is 1. The minimum absolute atomic E-state index is 0.0134. The Labute approximate surface area is 246 Å². The summed E-state index contributed by atoms with van der Waals surface area (Å²) in [4.78, 5) is 33.0. The number of benzene rings is 1. The third-order valence-corrected chi connectivity index (χ3v) is 11.7. The molecule has 0 radical (unpaired) electrons. The lowest BCUT2D eigenvalue weighted by Crippen LogP contribution is -2.53. The maximum Gasteiger partial charge on any atom is 0.326 e. The van der Waals surface area contributed by atoms with Crippen LogP contribution in [0.2, 0.25) is 0 Å². The number of aliphatic hydroxyl groups is 1. The van der Waals surface area contributed by atoms with E-state index in [9.17, 15) is 24.9 Å². The minimum atomic E-state index is -1.15. The molecule has 1 heterocycles. The number of oxime groups is 1. The Morgan fingerprint density at radius 2 is 1.90 bits per heavy atom. The van der Waals surface area contributed by atoms with Gasteiger partial charge in [-0.25, -0.2) is 4.79 Å². The van der Waals surface area contributed by atoms with E-state index in [0.29, 0.717) is 28.7 Å². The van der Waals surface area contributed by atoms with Crippen LogP contribution in [0, 0.1) is 28.6 Å². The van der Waals surface area contributed by atoms with Crippen LogP contribution in [0.15, 0.2) is 41.2 Å². The summed E-state index contributed by atoms with van der Waals surface area (Å²) < 4.78 is 0. The highest BCUT2D eigenvalue weighted by molar-refractivity contribution is 5.96. The fourth-order valence-electron chi connectivity index (χ4n) is 9.05. The van der Waals surface area contributed by atoms with Gasteiger partial charge in [-0.1, -0.05) is 24.6 Å². The van der Waals surface area contributed by atoms with Crippen LogP contribution in [0.5, 0.6) is 5.75 Å². The molecule has 0 saturated heterocycles. The minimum Gasteiger partial charge on any atom is -0.508 e. The van der Waals surface area contributed by atoms with Crippen molar-refractivity contribution in [2.75, 3.05) is 6.61 Å². The number of hydrogen-bond donors (Lipinski definition) is 5. The lowest BCUT2D eigenvalue weighted by Gasteiger charge is -2.59. The summed E-state index contributed by atoms with van der Waals surface area (Å²) in [6.07, 6.45) is 12.1. The first-order valence-corrected chi connectivity index (χ1v) is 15.3. The molecule has 1 aromatic heterocycles. The second-order valence-corrected chi connectivity index (χ2v) is 13.8. The number of phenols is 1. The van der Waals surface area contributed by atoms with E-state index in [4.69, 9.17) is 4.84 Å². The zero-order valence-corrected chi connectivity index (χ0v) is 24.8. The number of aromatic hydroxyl groups is 1. The molecule has 5 N–H and O–H groups in total. The van der Waals surface area contributed by atoms with Crippen LogP contribution in [0.1, 0.15) is 77.7 Å². The average Bonchev–Trinajstić information content (AvgIpc) is 3.44. The van der Waals surface area contributed by atoms with E-state index >= 15 is 0 Å². The number of fused-ring (bicyclic) bond motifs is 6. The smallest absolute Gasteiger partial charge is 0.326 e. The Kier molecular flexibility index (Phi) is 7.15. The Morgan fingerprint density at radius 1 is 1.12 bits per heavy atom. The maximum absolute atomic E-state index is 12.6. The van der Waals surface area contributed by atoms with Gasteiger partial charge in [0.15, 0.2) is 6.61 Å². The van der Waals surface area contributed by atoms with Crippen LogP contribution >= 0.6 is 0 Å². The van der Waals surface area contributed by atoms with E-state index in [0.717, 1.165) is 62.6 Å². The van der Waals surface area contributed by atoms with Crippen LogP contribution in [-0.2, 0) is 20.8 Å². The number of carbonyl (C=O) groups is 2. The zero-order chi connectivity index (χ0) is 29.9. The molecule has 0 spiro atoms. The molecule has 1 aromatic carbocycles. The highest BCUT2D eigenvalue weighted by Crippen LogP contribution is 2.67. The summed E-state index contributed by atoms with van der Waals surface area (Å²) >= 11 is 0. The average molecular weight is 578 g/mol. The first-order valence-electron chi connectivity index (χ1n) is 15.3. The number of H-pyrrole nitrogens is 1. The number of amides is 1.